The molecule has 0 saturated carbocycles. The topological polar surface area (TPSA) is 49.4 Å². The molecule has 1 heterocycles. The maximum absolute atomic E-state index is 13.4. The smallest absolute Gasteiger partial charge is 0.283 e. The minimum Gasteiger partial charge on any atom is -0.350 e. The van der Waals surface area contributed by atoms with E-state index >= 15 is 0 Å². The zero-order valence-corrected chi connectivity index (χ0v) is 19.0. The summed E-state index contributed by atoms with van der Waals surface area (Å²) < 4.78 is 0. The van der Waals surface area contributed by atoms with Gasteiger partial charge in [0.25, 0.3) is 11.8 Å². The van der Waals surface area contributed by atoms with E-state index in [1.807, 2.05) is 63.2 Å². The van der Waals surface area contributed by atoms with Gasteiger partial charge < -0.3 is 5.32 Å². The molecule has 6 heteroatoms. The zero-order valence-electron chi connectivity index (χ0n) is 17.4. The lowest BCUT2D eigenvalue weighted by atomic mass is 10.1. The Kier molecular flexibility index (Phi) is 5.90. The predicted molar refractivity (Wildman–Crippen MR) is 128 cm³/mol. The number of hydrogen-bond acceptors (Lipinski definition) is 4. The lowest BCUT2D eigenvalue weighted by Crippen LogP contribution is -2.32. The fourth-order valence-electron chi connectivity index (χ4n) is 3.35. The maximum atomic E-state index is 13.4. The summed E-state index contributed by atoms with van der Waals surface area (Å²) in [5.74, 6) is -0.743. The molecule has 2 amide bonds. The first kappa shape index (κ1) is 21.2. The molecule has 0 atom stereocenters. The van der Waals surface area contributed by atoms with Crippen molar-refractivity contribution >= 4 is 46.6 Å². The number of nitrogens with zero attached hydrogens (tertiary/aromatic N) is 1. The molecule has 4 rings (SSSR count). The molecule has 0 spiro atoms. The first-order valence-corrected chi connectivity index (χ1v) is 11.0. The van der Waals surface area contributed by atoms with Gasteiger partial charge in [0, 0.05) is 15.6 Å². The van der Waals surface area contributed by atoms with Crippen molar-refractivity contribution in [1.29, 1.82) is 0 Å². The van der Waals surface area contributed by atoms with Crippen LogP contribution in [0.5, 0.6) is 0 Å². The van der Waals surface area contributed by atoms with Crippen LogP contribution >= 0.6 is 23.4 Å². The third-order valence-corrected chi connectivity index (χ3v) is 6.35. The van der Waals surface area contributed by atoms with E-state index in [1.54, 1.807) is 24.3 Å². The number of imide groups is 1. The number of hydrogen-bond donors (Lipinski definition) is 1. The van der Waals surface area contributed by atoms with Gasteiger partial charge in [-0.1, -0.05) is 58.8 Å². The highest BCUT2D eigenvalue weighted by Gasteiger charge is 2.40. The molecule has 3 aromatic rings. The highest BCUT2D eigenvalue weighted by molar-refractivity contribution is 8.04. The van der Waals surface area contributed by atoms with Crippen LogP contribution in [0.4, 0.5) is 11.4 Å². The molecule has 1 aliphatic rings. The quantitative estimate of drug-likeness (QED) is 0.468. The Labute approximate surface area is 190 Å². The Morgan fingerprint density at radius 3 is 2.10 bits per heavy atom. The molecule has 0 unspecified atom stereocenters. The Morgan fingerprint density at radius 2 is 1.45 bits per heavy atom. The molecule has 0 bridgehead atoms. The van der Waals surface area contributed by atoms with Gasteiger partial charge in [-0.2, -0.15) is 0 Å². The van der Waals surface area contributed by atoms with Gasteiger partial charge in [0.1, 0.15) is 10.6 Å². The fourth-order valence-corrected chi connectivity index (χ4v) is 4.40. The van der Waals surface area contributed by atoms with E-state index in [9.17, 15) is 9.59 Å². The van der Waals surface area contributed by atoms with E-state index in [4.69, 9.17) is 11.6 Å². The number of carbonyl (C=O) groups is 2. The summed E-state index contributed by atoms with van der Waals surface area (Å²) >= 11 is 7.28. The van der Waals surface area contributed by atoms with Crippen molar-refractivity contribution in [3.63, 3.8) is 0 Å². The first-order valence-electron chi connectivity index (χ1n) is 9.81. The Morgan fingerprint density at radius 1 is 0.806 bits per heavy atom. The number of halogens is 1. The van der Waals surface area contributed by atoms with Crippen LogP contribution in [0.25, 0.3) is 0 Å². The fraction of sp³-hybridized carbons (Fsp3) is 0.120. The number of amides is 2. The summed E-state index contributed by atoms with van der Waals surface area (Å²) in [4.78, 5) is 29.2. The molecule has 31 heavy (non-hydrogen) atoms. The molecule has 0 aromatic heterocycles. The minimum atomic E-state index is -0.387. The second kappa shape index (κ2) is 8.61. The number of benzene rings is 3. The molecular formula is C25H21ClN2O2S. The Balaban J connectivity index is 1.75. The lowest BCUT2D eigenvalue weighted by molar-refractivity contribution is -0.120. The molecule has 0 aliphatic carbocycles. The van der Waals surface area contributed by atoms with Gasteiger partial charge in [0.2, 0.25) is 0 Å². The van der Waals surface area contributed by atoms with Crippen LogP contribution in [-0.4, -0.2) is 11.8 Å². The number of rotatable bonds is 5. The first-order chi connectivity index (χ1) is 14.8. The molecule has 1 N–H and O–H groups in total. The summed E-state index contributed by atoms with van der Waals surface area (Å²) in [6, 6.07) is 20.5. The van der Waals surface area contributed by atoms with Gasteiger partial charge in [0.05, 0.1) is 5.69 Å². The van der Waals surface area contributed by atoms with E-state index in [0.29, 0.717) is 15.6 Å². The van der Waals surface area contributed by atoms with Crippen LogP contribution in [-0.2, 0) is 9.59 Å². The standard InChI is InChI=1S/C25H21ClN2O2S/c1-15-4-11-20(12-5-15)31-23-22(27-21-13-6-16(2)14-17(21)3)24(29)28(25(23)30)19-9-7-18(26)8-10-19/h4-14,27H,1-3H3. The highest BCUT2D eigenvalue weighted by Crippen LogP contribution is 2.38. The summed E-state index contributed by atoms with van der Waals surface area (Å²) in [5.41, 5.74) is 4.81. The van der Waals surface area contributed by atoms with Crippen LogP contribution in [0, 0.1) is 20.8 Å². The van der Waals surface area contributed by atoms with Gasteiger partial charge in [-0.15, -0.1) is 0 Å². The predicted octanol–water partition coefficient (Wildman–Crippen LogP) is 6.25. The van der Waals surface area contributed by atoms with Crippen LogP contribution in [0.2, 0.25) is 5.02 Å². The van der Waals surface area contributed by atoms with Crippen LogP contribution in [0.15, 0.2) is 82.2 Å². The molecule has 156 valence electrons. The second-order valence-electron chi connectivity index (χ2n) is 7.48. The zero-order chi connectivity index (χ0) is 22.1. The summed E-state index contributed by atoms with van der Waals surface area (Å²) in [6.45, 7) is 6.00. The van der Waals surface area contributed by atoms with E-state index in [1.165, 1.54) is 16.7 Å². The second-order valence-corrected chi connectivity index (χ2v) is 9.00. The normalized spacial score (nSPS) is 13.9. The van der Waals surface area contributed by atoms with Crippen molar-refractivity contribution in [2.24, 2.45) is 0 Å². The van der Waals surface area contributed by atoms with E-state index in [-0.39, 0.29) is 17.5 Å². The van der Waals surface area contributed by atoms with Gasteiger partial charge in [0.15, 0.2) is 0 Å². The molecule has 1 aliphatic heterocycles. The number of thioether (sulfide) groups is 1. The average molecular weight is 449 g/mol. The van der Waals surface area contributed by atoms with Crippen molar-refractivity contribution < 1.29 is 9.59 Å². The van der Waals surface area contributed by atoms with Crippen molar-refractivity contribution in [2.75, 3.05) is 10.2 Å². The molecule has 0 saturated heterocycles. The molecule has 3 aromatic carbocycles. The monoisotopic (exact) mass is 448 g/mol. The van der Waals surface area contributed by atoms with Crippen LogP contribution in [0.3, 0.4) is 0 Å². The number of carbonyl (C=O) groups excluding carboxylic acids is 2. The third-order valence-electron chi connectivity index (χ3n) is 5.01. The Hall–Kier alpha value is -3.02. The van der Waals surface area contributed by atoms with E-state index in [2.05, 4.69) is 5.32 Å². The summed E-state index contributed by atoms with van der Waals surface area (Å²) in [5, 5.41) is 3.77. The van der Waals surface area contributed by atoms with E-state index in [0.717, 1.165) is 27.3 Å². The van der Waals surface area contributed by atoms with Crippen LogP contribution < -0.4 is 10.2 Å². The van der Waals surface area contributed by atoms with Gasteiger partial charge in [-0.05, 0) is 68.8 Å². The lowest BCUT2D eigenvalue weighted by Gasteiger charge is -2.16. The highest BCUT2D eigenvalue weighted by atomic mass is 35.5. The summed E-state index contributed by atoms with van der Waals surface area (Å²) in [6.07, 6.45) is 0. The van der Waals surface area contributed by atoms with Crippen molar-refractivity contribution in [3.8, 4) is 0 Å². The van der Waals surface area contributed by atoms with Gasteiger partial charge in [-0.3, -0.25) is 9.59 Å². The number of aryl methyl sites for hydroxylation is 3. The van der Waals surface area contributed by atoms with E-state index < -0.39 is 0 Å². The van der Waals surface area contributed by atoms with Gasteiger partial charge in [-0.25, -0.2) is 4.90 Å². The van der Waals surface area contributed by atoms with Crippen LogP contribution in [0.1, 0.15) is 16.7 Å². The van der Waals surface area contributed by atoms with Crippen molar-refractivity contribution in [3.05, 3.63) is 99.0 Å². The molecule has 0 radical (unpaired) electrons. The Bertz CT molecular complexity index is 1200. The number of anilines is 2. The molecular weight excluding hydrogens is 428 g/mol. The SMILES string of the molecule is Cc1ccc(SC2=C(Nc3ccc(C)cc3C)C(=O)N(c3ccc(Cl)cc3)C2=O)cc1. The van der Waals surface area contributed by atoms with Crippen molar-refractivity contribution in [2.45, 2.75) is 25.7 Å². The molecule has 4 nitrogen and oxygen atoms in total. The minimum absolute atomic E-state index is 0.275. The van der Waals surface area contributed by atoms with Crippen molar-refractivity contribution in [1.82, 2.24) is 0 Å². The van der Waals surface area contributed by atoms with Gasteiger partial charge >= 0.3 is 0 Å². The largest absolute Gasteiger partial charge is 0.350 e. The number of nitrogens with one attached hydrogen (secondary N) is 1. The molecule has 0 fully saturated rings. The average Bonchev–Trinajstić information content (AvgIpc) is 2.96. The maximum Gasteiger partial charge on any atom is 0.283 e. The third kappa shape index (κ3) is 4.38. The summed E-state index contributed by atoms with van der Waals surface area (Å²) in [7, 11) is 0.